The van der Waals surface area contributed by atoms with Crippen LogP contribution in [0.4, 0.5) is 0 Å². The Morgan fingerprint density at radius 1 is 1.05 bits per heavy atom. The van der Waals surface area contributed by atoms with Crippen molar-refractivity contribution in [2.75, 3.05) is 0 Å². The summed E-state index contributed by atoms with van der Waals surface area (Å²) in [4.78, 5) is 23.8. The van der Waals surface area contributed by atoms with Gasteiger partial charge in [-0.1, -0.05) is 0 Å². The highest BCUT2D eigenvalue weighted by Crippen LogP contribution is 2.48. The van der Waals surface area contributed by atoms with Gasteiger partial charge in [0.15, 0.2) is 11.6 Å². The Labute approximate surface area is 124 Å². The van der Waals surface area contributed by atoms with Gasteiger partial charge in [-0.2, -0.15) is 0 Å². The van der Waals surface area contributed by atoms with E-state index < -0.39 is 46.4 Å². The van der Waals surface area contributed by atoms with Gasteiger partial charge >= 0.3 is 0 Å². The molecule has 1 aromatic rings. The zero-order chi connectivity index (χ0) is 16.4. The van der Waals surface area contributed by atoms with Gasteiger partial charge in [-0.05, 0) is 19.1 Å². The topological polar surface area (TPSA) is 135 Å². The first-order valence-corrected chi connectivity index (χ1v) is 6.62. The maximum absolute atomic E-state index is 11.9. The van der Waals surface area contributed by atoms with E-state index >= 15 is 0 Å². The van der Waals surface area contributed by atoms with Gasteiger partial charge in [0.1, 0.15) is 23.7 Å². The molecule has 116 valence electrons. The van der Waals surface area contributed by atoms with Crippen molar-refractivity contribution >= 4 is 11.6 Å². The van der Waals surface area contributed by atoms with E-state index in [4.69, 9.17) is 0 Å². The van der Waals surface area contributed by atoms with Crippen LogP contribution in [0.3, 0.4) is 0 Å². The van der Waals surface area contributed by atoms with Gasteiger partial charge in [0.25, 0.3) is 0 Å². The zero-order valence-electron chi connectivity index (χ0n) is 11.6. The van der Waals surface area contributed by atoms with Crippen molar-refractivity contribution in [1.82, 2.24) is 0 Å². The molecule has 7 heteroatoms. The number of allylic oxidation sites excluding steroid dienone is 2. The lowest BCUT2D eigenvalue weighted by Gasteiger charge is -2.39. The molecule has 3 rings (SSSR count). The largest absolute Gasteiger partial charge is 0.507 e. The van der Waals surface area contributed by atoms with Gasteiger partial charge in [-0.3, -0.25) is 9.59 Å². The number of aliphatic hydroxyl groups excluding tert-OH is 2. The third-order valence-corrected chi connectivity index (χ3v) is 4.24. The maximum Gasteiger partial charge on any atom is 0.190 e. The standard InChI is InChI=1S/C15H14O7/c1-15(22)4-5-8(13(20)14(15)21)12(19)10-7(17)3-2-6(16)9(10)11(5)18/h2-3,13-14,18-22H,4H2,1H3/t13-,14+,15-/m1/s1. The number of aromatic hydroxyl groups is 2. The molecule has 7 nitrogen and oxygen atoms in total. The third kappa shape index (κ3) is 1.73. The van der Waals surface area contributed by atoms with Gasteiger partial charge in [0.05, 0.1) is 16.7 Å². The van der Waals surface area contributed by atoms with E-state index in [1.54, 1.807) is 0 Å². The normalized spacial score (nSPS) is 30.2. The van der Waals surface area contributed by atoms with E-state index in [2.05, 4.69) is 0 Å². The summed E-state index contributed by atoms with van der Waals surface area (Å²) in [6, 6.07) is 0. The van der Waals surface area contributed by atoms with Crippen LogP contribution in [0.5, 0.6) is 11.5 Å². The van der Waals surface area contributed by atoms with Crippen LogP contribution in [-0.4, -0.2) is 48.8 Å². The number of hydrogen-bond acceptors (Lipinski definition) is 7. The molecule has 0 heterocycles. The lowest BCUT2D eigenvalue weighted by molar-refractivity contribution is -0.126. The lowest BCUT2D eigenvalue weighted by Crippen LogP contribution is -2.48. The molecule has 3 atom stereocenters. The summed E-state index contributed by atoms with van der Waals surface area (Å²) >= 11 is 0. The van der Waals surface area contributed by atoms with Crippen LogP contribution in [0.15, 0.2) is 12.2 Å². The number of phenols is 2. The molecule has 22 heavy (non-hydrogen) atoms. The predicted molar refractivity (Wildman–Crippen MR) is 72.9 cm³/mol. The predicted octanol–water partition coefficient (Wildman–Crippen LogP) is -0.266. The molecule has 0 saturated heterocycles. The minimum absolute atomic E-state index is 0.0597. The Morgan fingerprint density at radius 3 is 2.09 bits per heavy atom. The van der Waals surface area contributed by atoms with E-state index in [1.807, 2.05) is 0 Å². The Morgan fingerprint density at radius 2 is 1.55 bits per heavy atom. The fourth-order valence-corrected chi connectivity index (χ4v) is 3.05. The Hall–Kier alpha value is -2.22. The van der Waals surface area contributed by atoms with Gasteiger partial charge in [0.2, 0.25) is 0 Å². The van der Waals surface area contributed by atoms with Gasteiger partial charge in [-0.25, -0.2) is 0 Å². The smallest absolute Gasteiger partial charge is 0.190 e. The second-order valence-corrected chi connectivity index (χ2v) is 5.82. The molecular formula is C15H14O7. The number of fused-ring (bicyclic) bond motifs is 2. The molecular weight excluding hydrogens is 292 g/mol. The third-order valence-electron chi connectivity index (χ3n) is 4.24. The number of phenolic OH excluding ortho intramolecular Hbond substituents is 2. The molecule has 1 aromatic carbocycles. The summed E-state index contributed by atoms with van der Waals surface area (Å²) in [6.45, 7) is 1.26. The molecule has 0 spiro atoms. The molecule has 2 aliphatic carbocycles. The number of rotatable bonds is 0. The minimum atomic E-state index is -1.76. The highest BCUT2D eigenvalue weighted by molar-refractivity contribution is 6.24. The van der Waals surface area contributed by atoms with E-state index in [9.17, 15) is 35.1 Å². The first kappa shape index (κ1) is 14.7. The van der Waals surface area contributed by atoms with Crippen LogP contribution in [0.1, 0.15) is 44.9 Å². The summed E-state index contributed by atoms with van der Waals surface area (Å²) in [7, 11) is 0. The Balaban J connectivity index is 2.38. The first-order chi connectivity index (χ1) is 10.2. The van der Waals surface area contributed by atoms with Gasteiger partial charge < -0.3 is 25.5 Å². The summed E-state index contributed by atoms with van der Waals surface area (Å²) < 4.78 is 0. The monoisotopic (exact) mass is 306 g/mol. The molecule has 2 aliphatic rings. The van der Waals surface area contributed by atoms with Crippen molar-refractivity contribution in [3.63, 3.8) is 0 Å². The van der Waals surface area contributed by atoms with Crippen LogP contribution in [-0.2, 0) is 6.42 Å². The SMILES string of the molecule is C[C@@]1(O)Cc2c(O)c3c(c(O)c2[C@@H](O)[C@@H]1O)C(=O)C=CC3=O. The molecule has 0 aromatic heterocycles. The molecule has 0 radical (unpaired) electrons. The summed E-state index contributed by atoms with van der Waals surface area (Å²) in [5.41, 5.74) is -2.83. The van der Waals surface area contributed by atoms with Crippen molar-refractivity contribution in [3.8, 4) is 11.5 Å². The molecule has 5 N–H and O–H groups in total. The lowest BCUT2D eigenvalue weighted by atomic mass is 9.74. The van der Waals surface area contributed by atoms with Crippen LogP contribution < -0.4 is 0 Å². The Kier molecular flexibility index (Phi) is 2.93. The Bertz CT molecular complexity index is 745. The number of carbonyl (C=O) groups excluding carboxylic acids is 2. The van der Waals surface area contributed by atoms with Crippen molar-refractivity contribution in [2.45, 2.75) is 31.2 Å². The van der Waals surface area contributed by atoms with Crippen molar-refractivity contribution in [1.29, 1.82) is 0 Å². The fourth-order valence-electron chi connectivity index (χ4n) is 3.05. The van der Waals surface area contributed by atoms with Crippen molar-refractivity contribution in [2.24, 2.45) is 0 Å². The number of benzene rings is 1. The second kappa shape index (κ2) is 4.39. The second-order valence-electron chi connectivity index (χ2n) is 5.82. The first-order valence-electron chi connectivity index (χ1n) is 6.62. The summed E-state index contributed by atoms with van der Waals surface area (Å²) in [5.74, 6) is -2.58. The highest BCUT2D eigenvalue weighted by Gasteiger charge is 2.47. The van der Waals surface area contributed by atoms with E-state index in [0.717, 1.165) is 12.2 Å². The van der Waals surface area contributed by atoms with Crippen molar-refractivity contribution < 1.29 is 35.1 Å². The number of carbonyl (C=O) groups is 2. The quantitative estimate of drug-likeness (QED) is 0.416. The van der Waals surface area contributed by atoms with Crippen molar-refractivity contribution in [3.05, 3.63) is 34.4 Å². The molecule has 0 aliphatic heterocycles. The van der Waals surface area contributed by atoms with Crippen LogP contribution in [0, 0.1) is 0 Å². The number of ketones is 2. The maximum atomic E-state index is 11.9. The van der Waals surface area contributed by atoms with Crippen LogP contribution >= 0.6 is 0 Å². The molecule has 0 saturated carbocycles. The van der Waals surface area contributed by atoms with E-state index in [1.165, 1.54) is 6.92 Å². The average molecular weight is 306 g/mol. The zero-order valence-corrected chi connectivity index (χ0v) is 11.6. The minimum Gasteiger partial charge on any atom is -0.507 e. The molecule has 0 unspecified atom stereocenters. The summed E-state index contributed by atoms with van der Waals surface area (Å²) in [5, 5.41) is 50.8. The fraction of sp³-hybridized carbons (Fsp3) is 0.333. The van der Waals surface area contributed by atoms with Crippen LogP contribution in [0.25, 0.3) is 0 Å². The van der Waals surface area contributed by atoms with Gasteiger partial charge in [0, 0.05) is 17.5 Å². The van der Waals surface area contributed by atoms with E-state index in [0.29, 0.717) is 0 Å². The average Bonchev–Trinajstić information content (AvgIpc) is 2.44. The summed E-state index contributed by atoms with van der Waals surface area (Å²) in [6.07, 6.45) is -1.68. The van der Waals surface area contributed by atoms with E-state index in [-0.39, 0.29) is 23.1 Å². The highest BCUT2D eigenvalue weighted by atomic mass is 16.4. The number of aliphatic hydroxyl groups is 3. The molecule has 0 amide bonds. The van der Waals surface area contributed by atoms with Crippen LogP contribution in [0.2, 0.25) is 0 Å². The molecule has 0 fully saturated rings. The van der Waals surface area contributed by atoms with Gasteiger partial charge in [-0.15, -0.1) is 0 Å². The number of hydrogen-bond donors (Lipinski definition) is 5. The molecule has 0 bridgehead atoms.